The average molecular weight is 263 g/mol. The van der Waals surface area contributed by atoms with E-state index in [2.05, 4.69) is 6.07 Å². The quantitative estimate of drug-likeness (QED) is 0.903. The summed E-state index contributed by atoms with van der Waals surface area (Å²) in [5.74, 6) is 1.57. The molecule has 1 heterocycles. The van der Waals surface area contributed by atoms with Crippen LogP contribution in [-0.4, -0.2) is 19.0 Å². The van der Waals surface area contributed by atoms with E-state index in [9.17, 15) is 10.4 Å². The fourth-order valence-electron chi connectivity index (χ4n) is 2.01. The van der Waals surface area contributed by atoms with Gasteiger partial charge < -0.3 is 19.3 Å². The van der Waals surface area contributed by atoms with E-state index in [1.54, 1.807) is 19.1 Å². The minimum absolute atomic E-state index is 0.133. The number of hydrogen-bond donors (Lipinski definition) is 1. The summed E-state index contributed by atoms with van der Waals surface area (Å²) in [6.07, 6.45) is -0.368. The molecule has 2 rings (SSSR count). The van der Waals surface area contributed by atoms with Gasteiger partial charge in [-0.2, -0.15) is 5.26 Å². The van der Waals surface area contributed by atoms with Crippen LogP contribution in [0.4, 0.5) is 0 Å². The molecule has 1 aromatic rings. The lowest BCUT2D eigenvalue weighted by Gasteiger charge is -2.26. The van der Waals surface area contributed by atoms with Crippen molar-refractivity contribution < 1.29 is 19.3 Å². The van der Waals surface area contributed by atoms with Gasteiger partial charge >= 0.3 is 0 Å². The number of methoxy groups -OCH3 is 1. The first-order valence-electron chi connectivity index (χ1n) is 6.12. The first-order chi connectivity index (χ1) is 9.05. The Bertz CT molecular complexity index is 523. The molecule has 0 fully saturated rings. The largest absolute Gasteiger partial charge is 0.493 e. The number of aliphatic hydroxyl groups is 1. The summed E-state index contributed by atoms with van der Waals surface area (Å²) in [5, 5.41) is 19.7. The van der Waals surface area contributed by atoms with E-state index >= 15 is 0 Å². The van der Waals surface area contributed by atoms with Crippen LogP contribution in [-0.2, 0) is 0 Å². The van der Waals surface area contributed by atoms with Gasteiger partial charge in [-0.05, 0) is 31.0 Å². The Hall–Kier alpha value is -1.93. The second kappa shape index (κ2) is 4.98. The van der Waals surface area contributed by atoms with Crippen molar-refractivity contribution in [3.05, 3.63) is 17.7 Å². The summed E-state index contributed by atoms with van der Waals surface area (Å²) in [4.78, 5) is 0. The van der Waals surface area contributed by atoms with Gasteiger partial charge in [0.25, 0.3) is 0 Å². The Kier molecular flexibility index (Phi) is 3.54. The summed E-state index contributed by atoms with van der Waals surface area (Å²) in [6.45, 7) is 3.74. The predicted octanol–water partition coefficient (Wildman–Crippen LogP) is 2.40. The molecule has 0 amide bonds. The predicted molar refractivity (Wildman–Crippen MR) is 68.1 cm³/mol. The SMILES string of the molecule is CCC(C)(C#N)C(O)c1cc(OC)c2c(c1)OCO2. The van der Waals surface area contributed by atoms with Crippen LogP contribution in [0.1, 0.15) is 31.9 Å². The molecule has 0 bridgehead atoms. The van der Waals surface area contributed by atoms with Crippen molar-refractivity contribution in [3.63, 3.8) is 0 Å². The zero-order valence-electron chi connectivity index (χ0n) is 11.3. The fraction of sp³-hybridized carbons (Fsp3) is 0.500. The minimum Gasteiger partial charge on any atom is -0.493 e. The smallest absolute Gasteiger partial charge is 0.231 e. The van der Waals surface area contributed by atoms with E-state index < -0.39 is 11.5 Å². The third kappa shape index (κ3) is 2.20. The second-order valence-electron chi connectivity index (χ2n) is 4.74. The normalized spacial score (nSPS) is 17.4. The number of nitriles is 1. The molecule has 1 aromatic carbocycles. The zero-order valence-corrected chi connectivity index (χ0v) is 11.3. The molecule has 2 atom stereocenters. The maximum absolute atomic E-state index is 10.4. The van der Waals surface area contributed by atoms with Crippen LogP contribution in [0, 0.1) is 16.7 Å². The van der Waals surface area contributed by atoms with Crippen molar-refractivity contribution in [1.29, 1.82) is 5.26 Å². The summed E-state index contributed by atoms with van der Waals surface area (Å²) >= 11 is 0. The van der Waals surface area contributed by atoms with Gasteiger partial charge in [-0.3, -0.25) is 0 Å². The average Bonchev–Trinajstić information content (AvgIpc) is 2.92. The van der Waals surface area contributed by atoms with Crippen LogP contribution in [0.5, 0.6) is 17.2 Å². The molecular weight excluding hydrogens is 246 g/mol. The lowest BCUT2D eigenvalue weighted by Crippen LogP contribution is -2.23. The fourth-order valence-corrected chi connectivity index (χ4v) is 2.01. The Morgan fingerprint density at radius 2 is 2.26 bits per heavy atom. The molecule has 1 aliphatic rings. The first kappa shape index (κ1) is 13.5. The highest BCUT2D eigenvalue weighted by Gasteiger charge is 2.34. The molecule has 1 N–H and O–H groups in total. The standard InChI is InChI=1S/C14H17NO4/c1-4-14(2,7-15)13(16)9-5-10(17-3)12-11(6-9)18-8-19-12/h5-6,13,16H,4,8H2,1-3H3. The number of benzene rings is 1. The zero-order chi connectivity index (χ0) is 14.0. The molecular formula is C14H17NO4. The molecule has 0 saturated heterocycles. The van der Waals surface area contributed by atoms with Crippen molar-refractivity contribution in [2.75, 3.05) is 13.9 Å². The second-order valence-corrected chi connectivity index (χ2v) is 4.74. The van der Waals surface area contributed by atoms with Crippen LogP contribution >= 0.6 is 0 Å². The molecule has 0 aromatic heterocycles. The van der Waals surface area contributed by atoms with E-state index in [0.29, 0.717) is 29.2 Å². The number of rotatable bonds is 4. The summed E-state index contributed by atoms with van der Waals surface area (Å²) in [6, 6.07) is 5.55. The van der Waals surface area contributed by atoms with Gasteiger partial charge in [0.2, 0.25) is 12.5 Å². The summed E-state index contributed by atoms with van der Waals surface area (Å²) in [7, 11) is 1.52. The molecule has 5 heteroatoms. The monoisotopic (exact) mass is 263 g/mol. The number of aliphatic hydroxyl groups excluding tert-OH is 1. The van der Waals surface area contributed by atoms with Gasteiger partial charge in [-0.15, -0.1) is 0 Å². The van der Waals surface area contributed by atoms with E-state index in [1.807, 2.05) is 6.92 Å². The van der Waals surface area contributed by atoms with Crippen LogP contribution in [0.3, 0.4) is 0 Å². The Labute approximate surface area is 112 Å². The van der Waals surface area contributed by atoms with Crippen molar-refractivity contribution in [2.45, 2.75) is 26.4 Å². The molecule has 0 radical (unpaired) electrons. The molecule has 5 nitrogen and oxygen atoms in total. The van der Waals surface area contributed by atoms with Gasteiger partial charge in [-0.25, -0.2) is 0 Å². The lowest BCUT2D eigenvalue weighted by atomic mass is 9.80. The van der Waals surface area contributed by atoms with E-state index in [4.69, 9.17) is 14.2 Å². The summed E-state index contributed by atoms with van der Waals surface area (Å²) in [5.41, 5.74) is -0.259. The van der Waals surface area contributed by atoms with Crippen LogP contribution in [0.15, 0.2) is 12.1 Å². The highest BCUT2D eigenvalue weighted by Crippen LogP contribution is 2.46. The Balaban J connectivity index is 2.44. The maximum Gasteiger partial charge on any atom is 0.231 e. The third-order valence-corrected chi connectivity index (χ3v) is 3.59. The number of ether oxygens (including phenoxy) is 3. The third-order valence-electron chi connectivity index (χ3n) is 3.59. The molecule has 102 valence electrons. The van der Waals surface area contributed by atoms with Crippen LogP contribution in [0.25, 0.3) is 0 Å². The molecule has 1 aliphatic heterocycles. The summed E-state index contributed by atoms with van der Waals surface area (Å²) < 4.78 is 15.8. The number of fused-ring (bicyclic) bond motifs is 1. The van der Waals surface area contributed by atoms with Crippen LogP contribution in [0.2, 0.25) is 0 Å². The maximum atomic E-state index is 10.4. The Morgan fingerprint density at radius 1 is 1.53 bits per heavy atom. The van der Waals surface area contributed by atoms with Gasteiger partial charge in [0.15, 0.2) is 11.5 Å². The van der Waals surface area contributed by atoms with Gasteiger partial charge in [-0.1, -0.05) is 6.92 Å². The highest BCUT2D eigenvalue weighted by atomic mass is 16.7. The van der Waals surface area contributed by atoms with Crippen molar-refractivity contribution >= 4 is 0 Å². The van der Waals surface area contributed by atoms with Crippen LogP contribution < -0.4 is 14.2 Å². The number of hydrogen-bond acceptors (Lipinski definition) is 5. The van der Waals surface area contributed by atoms with Gasteiger partial charge in [0, 0.05) is 0 Å². The van der Waals surface area contributed by atoms with Crippen molar-refractivity contribution in [3.8, 4) is 23.3 Å². The molecule has 19 heavy (non-hydrogen) atoms. The Morgan fingerprint density at radius 3 is 2.84 bits per heavy atom. The first-order valence-corrected chi connectivity index (χ1v) is 6.12. The molecule has 2 unspecified atom stereocenters. The number of nitrogens with zero attached hydrogens (tertiary/aromatic N) is 1. The topological polar surface area (TPSA) is 71.7 Å². The van der Waals surface area contributed by atoms with Crippen molar-refractivity contribution in [1.82, 2.24) is 0 Å². The van der Waals surface area contributed by atoms with E-state index in [0.717, 1.165) is 0 Å². The minimum atomic E-state index is -0.911. The van der Waals surface area contributed by atoms with Gasteiger partial charge in [0.1, 0.15) is 0 Å². The lowest BCUT2D eigenvalue weighted by molar-refractivity contribution is 0.0718. The van der Waals surface area contributed by atoms with E-state index in [-0.39, 0.29) is 6.79 Å². The van der Waals surface area contributed by atoms with Crippen molar-refractivity contribution in [2.24, 2.45) is 5.41 Å². The van der Waals surface area contributed by atoms with E-state index in [1.165, 1.54) is 7.11 Å². The highest BCUT2D eigenvalue weighted by molar-refractivity contribution is 5.55. The van der Waals surface area contributed by atoms with Gasteiger partial charge in [0.05, 0.1) is 24.7 Å². The molecule has 0 spiro atoms. The molecule has 0 aliphatic carbocycles. The molecule has 0 saturated carbocycles.